The van der Waals surface area contributed by atoms with Crippen molar-refractivity contribution in [3.63, 3.8) is 0 Å². The molecule has 150 valence electrons. The second-order valence-corrected chi connectivity index (χ2v) is 7.53. The fourth-order valence-corrected chi connectivity index (χ4v) is 3.76. The molecule has 1 saturated heterocycles. The molecule has 0 aromatic carbocycles. The molecule has 26 heavy (non-hydrogen) atoms. The third-order valence-corrected chi connectivity index (χ3v) is 5.33. The molecule has 2 fully saturated rings. The molecular weight excluding hydrogens is 443 g/mol. The van der Waals surface area contributed by atoms with Crippen molar-refractivity contribution in [2.45, 2.75) is 58.8 Å². The summed E-state index contributed by atoms with van der Waals surface area (Å²) < 4.78 is 0. The second-order valence-electron chi connectivity index (χ2n) is 7.53. The van der Waals surface area contributed by atoms with Gasteiger partial charge in [-0.1, -0.05) is 19.8 Å². The molecule has 1 aliphatic heterocycles. The molecule has 2 amide bonds. The highest BCUT2D eigenvalue weighted by atomic mass is 127. The maximum atomic E-state index is 11.9. The van der Waals surface area contributed by atoms with Crippen LogP contribution in [-0.2, 0) is 9.59 Å². The van der Waals surface area contributed by atoms with Crippen LogP contribution < -0.4 is 5.32 Å². The number of carbonyl (C=O) groups excluding carboxylic acids is 2. The minimum absolute atomic E-state index is 0. The maximum Gasteiger partial charge on any atom is 0.229 e. The molecular formula is C19H35IN4O2. The van der Waals surface area contributed by atoms with Gasteiger partial charge in [0, 0.05) is 39.5 Å². The Hall–Kier alpha value is -0.860. The number of halogens is 1. The lowest BCUT2D eigenvalue weighted by Crippen LogP contribution is -2.44. The van der Waals surface area contributed by atoms with Crippen LogP contribution in [0.1, 0.15) is 58.8 Å². The smallest absolute Gasteiger partial charge is 0.229 e. The Morgan fingerprint density at radius 2 is 1.81 bits per heavy atom. The Labute approximate surface area is 175 Å². The average Bonchev–Trinajstić information content (AvgIpc) is 2.58. The second kappa shape index (κ2) is 11.8. The first-order chi connectivity index (χ1) is 12.0. The van der Waals surface area contributed by atoms with E-state index in [1.54, 1.807) is 0 Å². The first kappa shape index (κ1) is 23.2. The number of piperidine rings is 1. The predicted molar refractivity (Wildman–Crippen MR) is 116 cm³/mol. The van der Waals surface area contributed by atoms with E-state index >= 15 is 0 Å². The summed E-state index contributed by atoms with van der Waals surface area (Å²) in [6.45, 7) is 7.08. The van der Waals surface area contributed by atoms with E-state index in [0.29, 0.717) is 32.4 Å². The van der Waals surface area contributed by atoms with Crippen LogP contribution in [0.15, 0.2) is 4.99 Å². The summed E-state index contributed by atoms with van der Waals surface area (Å²) >= 11 is 0. The zero-order valence-electron chi connectivity index (χ0n) is 16.5. The fraction of sp³-hybridized carbons (Fsp3) is 0.842. The molecule has 0 unspecified atom stereocenters. The minimum atomic E-state index is -0.0545. The van der Waals surface area contributed by atoms with Crippen LogP contribution in [0.2, 0.25) is 0 Å². The third-order valence-electron chi connectivity index (χ3n) is 5.33. The van der Waals surface area contributed by atoms with Crippen LogP contribution in [-0.4, -0.2) is 60.8 Å². The Morgan fingerprint density at radius 1 is 1.19 bits per heavy atom. The number of rotatable bonds is 6. The van der Waals surface area contributed by atoms with Gasteiger partial charge in [0.25, 0.3) is 0 Å². The van der Waals surface area contributed by atoms with Gasteiger partial charge < -0.3 is 10.2 Å². The molecule has 1 aliphatic carbocycles. The van der Waals surface area contributed by atoms with Gasteiger partial charge in [-0.25, -0.2) is 0 Å². The number of nitrogens with one attached hydrogen (secondary N) is 1. The first-order valence-electron chi connectivity index (χ1n) is 9.83. The molecule has 0 aromatic rings. The summed E-state index contributed by atoms with van der Waals surface area (Å²) in [4.78, 5) is 31.9. The number of hydrogen-bond donors (Lipinski definition) is 1. The van der Waals surface area contributed by atoms with E-state index in [4.69, 9.17) is 0 Å². The van der Waals surface area contributed by atoms with Crippen LogP contribution in [0, 0.1) is 11.8 Å². The van der Waals surface area contributed by atoms with Crippen LogP contribution in [0.4, 0.5) is 0 Å². The van der Waals surface area contributed by atoms with Crippen molar-refractivity contribution in [3.05, 3.63) is 0 Å². The lowest BCUT2D eigenvalue weighted by atomic mass is 9.83. The number of aliphatic imine (C=N–C) groups is 1. The summed E-state index contributed by atoms with van der Waals surface area (Å²) in [7, 11) is 2.08. The van der Waals surface area contributed by atoms with Crippen molar-refractivity contribution >= 4 is 41.8 Å². The molecule has 0 aromatic heterocycles. The van der Waals surface area contributed by atoms with Crippen molar-refractivity contribution in [3.8, 4) is 0 Å². The summed E-state index contributed by atoms with van der Waals surface area (Å²) in [6, 6.07) is 0. The molecule has 7 heteroatoms. The molecule has 0 radical (unpaired) electrons. The number of guanidine groups is 1. The van der Waals surface area contributed by atoms with Crippen molar-refractivity contribution in [1.82, 2.24) is 15.1 Å². The molecule has 2 aliphatic rings. The summed E-state index contributed by atoms with van der Waals surface area (Å²) in [5.74, 6) is 2.36. The normalized spacial score (nSPS) is 24.3. The van der Waals surface area contributed by atoms with Crippen molar-refractivity contribution in [2.75, 3.05) is 33.2 Å². The molecule has 1 heterocycles. The van der Waals surface area contributed by atoms with Gasteiger partial charge in [0.15, 0.2) is 5.96 Å². The van der Waals surface area contributed by atoms with Gasteiger partial charge in [-0.2, -0.15) is 0 Å². The molecule has 0 atom stereocenters. The number of nitrogens with zero attached hydrogens (tertiary/aromatic N) is 3. The van der Waals surface area contributed by atoms with Gasteiger partial charge in [-0.05, 0) is 38.0 Å². The van der Waals surface area contributed by atoms with E-state index < -0.39 is 0 Å². The lowest BCUT2D eigenvalue weighted by molar-refractivity contribution is -0.147. The largest absolute Gasteiger partial charge is 0.357 e. The van der Waals surface area contributed by atoms with Gasteiger partial charge in [-0.15, -0.1) is 24.0 Å². The van der Waals surface area contributed by atoms with Gasteiger partial charge in [0.05, 0.1) is 6.54 Å². The molecule has 2 rings (SSSR count). The molecule has 6 nitrogen and oxygen atoms in total. The van der Waals surface area contributed by atoms with E-state index in [9.17, 15) is 9.59 Å². The van der Waals surface area contributed by atoms with Gasteiger partial charge in [0.1, 0.15) is 0 Å². The molecule has 1 N–H and O–H groups in total. The van der Waals surface area contributed by atoms with Crippen LogP contribution in [0.5, 0.6) is 0 Å². The number of carbonyl (C=O) groups is 2. The minimum Gasteiger partial charge on any atom is -0.357 e. The van der Waals surface area contributed by atoms with E-state index in [-0.39, 0.29) is 35.8 Å². The topological polar surface area (TPSA) is 65.0 Å². The molecule has 1 saturated carbocycles. The Balaban J connectivity index is 0.00000338. The van der Waals surface area contributed by atoms with Gasteiger partial charge in [0.2, 0.25) is 11.8 Å². The third kappa shape index (κ3) is 7.04. The fourth-order valence-electron chi connectivity index (χ4n) is 3.76. The number of likely N-dealkylation sites (tertiary alicyclic amines) is 1. The first-order valence-corrected chi connectivity index (χ1v) is 9.83. The quantitative estimate of drug-likeness (QED) is 0.276. The van der Waals surface area contributed by atoms with Crippen molar-refractivity contribution < 1.29 is 9.59 Å². The highest BCUT2D eigenvalue weighted by Gasteiger charge is 2.25. The highest BCUT2D eigenvalue weighted by Crippen LogP contribution is 2.28. The SMILES string of the molecule is CCNC(=NCCN1C(=O)CCCC1=O)N(C)CC1CCC(C)CC1.I. The van der Waals surface area contributed by atoms with Crippen molar-refractivity contribution in [1.29, 1.82) is 0 Å². The van der Waals surface area contributed by atoms with Crippen molar-refractivity contribution in [2.24, 2.45) is 16.8 Å². The van der Waals surface area contributed by atoms with E-state index in [1.165, 1.54) is 30.6 Å². The van der Waals surface area contributed by atoms with Crippen LogP contribution >= 0.6 is 24.0 Å². The molecule has 0 spiro atoms. The van der Waals surface area contributed by atoms with E-state index in [0.717, 1.165) is 30.9 Å². The Kier molecular flexibility index (Phi) is 10.5. The molecule has 0 bridgehead atoms. The highest BCUT2D eigenvalue weighted by molar-refractivity contribution is 14.0. The monoisotopic (exact) mass is 478 g/mol. The summed E-state index contributed by atoms with van der Waals surface area (Å²) in [6.07, 6.45) is 6.88. The Bertz CT molecular complexity index is 474. The lowest BCUT2D eigenvalue weighted by Gasteiger charge is -2.31. The Morgan fingerprint density at radius 3 is 2.38 bits per heavy atom. The van der Waals surface area contributed by atoms with Gasteiger partial charge >= 0.3 is 0 Å². The number of hydrogen-bond acceptors (Lipinski definition) is 3. The van der Waals surface area contributed by atoms with Crippen LogP contribution in [0.3, 0.4) is 0 Å². The summed E-state index contributed by atoms with van der Waals surface area (Å²) in [5, 5.41) is 3.33. The number of imide groups is 1. The average molecular weight is 478 g/mol. The van der Waals surface area contributed by atoms with E-state index in [1.807, 2.05) is 0 Å². The standard InChI is InChI=1S/C19H34N4O2.HI/c1-4-20-19(22(3)14-16-10-8-15(2)9-11-16)21-12-13-23-17(24)6-5-7-18(23)25;/h15-16H,4-14H2,1-3H3,(H,20,21);1H. The number of amides is 2. The zero-order chi connectivity index (χ0) is 18.2. The summed E-state index contributed by atoms with van der Waals surface area (Å²) in [5.41, 5.74) is 0. The maximum absolute atomic E-state index is 11.9. The van der Waals surface area contributed by atoms with Gasteiger partial charge in [-0.3, -0.25) is 19.5 Å². The van der Waals surface area contributed by atoms with Crippen LogP contribution in [0.25, 0.3) is 0 Å². The zero-order valence-corrected chi connectivity index (χ0v) is 18.8. The predicted octanol–water partition coefficient (Wildman–Crippen LogP) is 2.87. The van der Waals surface area contributed by atoms with E-state index in [2.05, 4.69) is 36.1 Å².